The highest BCUT2D eigenvalue weighted by Crippen LogP contribution is 2.16. The van der Waals surface area contributed by atoms with Gasteiger partial charge in [-0.25, -0.2) is 0 Å². The van der Waals surface area contributed by atoms with Gasteiger partial charge in [0.1, 0.15) is 0 Å². The van der Waals surface area contributed by atoms with Crippen LogP contribution in [-0.2, 0) is 9.53 Å². The number of unbranched alkanes of at least 4 members (excludes halogenated alkanes) is 1. The maximum atomic E-state index is 12.4. The van der Waals surface area contributed by atoms with Crippen LogP contribution >= 0.6 is 0 Å². The highest BCUT2D eigenvalue weighted by Gasteiger charge is 2.30. The lowest BCUT2D eigenvalue weighted by Crippen LogP contribution is -2.54. The van der Waals surface area contributed by atoms with E-state index in [1.165, 1.54) is 6.42 Å². The number of hydrogen-bond acceptors (Lipinski definition) is 4. The smallest absolute Gasteiger partial charge is 0.251 e. The molecule has 0 aromatic heterocycles. The molecule has 2 amide bonds. The molecule has 29 heavy (non-hydrogen) atoms. The quantitative estimate of drug-likeness (QED) is 0.681. The summed E-state index contributed by atoms with van der Waals surface area (Å²) in [6.45, 7) is 4.62. The number of amides is 2. The van der Waals surface area contributed by atoms with E-state index in [-0.39, 0.29) is 18.1 Å². The summed E-state index contributed by atoms with van der Waals surface area (Å²) in [4.78, 5) is 29.1. The average molecular weight is 402 g/mol. The van der Waals surface area contributed by atoms with Crippen LogP contribution in [0.1, 0.15) is 55.3 Å². The molecule has 6 heteroatoms. The van der Waals surface area contributed by atoms with Crippen molar-refractivity contribution in [2.45, 2.75) is 57.1 Å². The molecule has 6 nitrogen and oxygen atoms in total. The molecule has 1 aromatic rings. The summed E-state index contributed by atoms with van der Waals surface area (Å²) in [6.07, 6.45) is 7.06. The zero-order valence-electron chi connectivity index (χ0n) is 17.6. The van der Waals surface area contributed by atoms with Crippen LogP contribution in [0.5, 0.6) is 0 Å². The number of piperidine rings is 2. The molecule has 0 spiro atoms. The Morgan fingerprint density at radius 3 is 2.55 bits per heavy atom. The number of carbonyl (C=O) groups is 2. The zero-order chi connectivity index (χ0) is 20.5. The third-order valence-corrected chi connectivity index (χ3v) is 6.12. The normalized spacial score (nSPS) is 23.0. The van der Waals surface area contributed by atoms with Crippen LogP contribution < -0.4 is 5.32 Å². The monoisotopic (exact) mass is 401 g/mol. The van der Waals surface area contributed by atoms with E-state index in [1.54, 1.807) is 7.11 Å². The fraction of sp³-hybridized carbons (Fsp3) is 0.652. The van der Waals surface area contributed by atoms with Gasteiger partial charge in [0.25, 0.3) is 5.91 Å². The summed E-state index contributed by atoms with van der Waals surface area (Å²) in [7, 11) is 1.72. The minimum Gasteiger partial charge on any atom is -0.378 e. The maximum absolute atomic E-state index is 12.4. The average Bonchev–Trinajstić information content (AvgIpc) is 2.78. The Labute approximate surface area is 174 Å². The lowest BCUT2D eigenvalue weighted by atomic mass is 10.0. The molecule has 0 radical (unpaired) electrons. The molecular weight excluding hydrogens is 366 g/mol. The Hall–Kier alpha value is -1.92. The number of nitrogens with one attached hydrogen (secondary N) is 1. The second kappa shape index (κ2) is 11.3. The van der Waals surface area contributed by atoms with Gasteiger partial charge in [-0.05, 0) is 57.2 Å². The van der Waals surface area contributed by atoms with E-state index in [9.17, 15) is 9.59 Å². The van der Waals surface area contributed by atoms with Crippen molar-refractivity contribution in [2.75, 3.05) is 39.8 Å². The topological polar surface area (TPSA) is 61.9 Å². The van der Waals surface area contributed by atoms with Crippen molar-refractivity contribution >= 4 is 11.8 Å². The van der Waals surface area contributed by atoms with Crippen molar-refractivity contribution in [1.29, 1.82) is 0 Å². The Morgan fingerprint density at radius 1 is 1.07 bits per heavy atom. The molecule has 2 fully saturated rings. The summed E-state index contributed by atoms with van der Waals surface area (Å²) in [6, 6.07) is 9.36. The minimum atomic E-state index is -0.0395. The maximum Gasteiger partial charge on any atom is 0.251 e. The molecule has 3 rings (SSSR count). The molecule has 2 saturated heterocycles. The van der Waals surface area contributed by atoms with Gasteiger partial charge in [0, 0.05) is 45.3 Å². The predicted octanol–water partition coefficient (Wildman–Crippen LogP) is 2.69. The Balaban J connectivity index is 1.36. The number of hydrogen-bond donors (Lipinski definition) is 1. The Bertz CT molecular complexity index is 646. The first-order chi connectivity index (χ1) is 14.2. The molecule has 2 aliphatic heterocycles. The molecule has 1 N–H and O–H groups in total. The van der Waals surface area contributed by atoms with Crippen LogP contribution in [0, 0.1) is 0 Å². The van der Waals surface area contributed by atoms with E-state index in [4.69, 9.17) is 4.74 Å². The van der Waals surface area contributed by atoms with E-state index < -0.39 is 0 Å². The molecule has 2 atom stereocenters. The number of rotatable bonds is 8. The number of ether oxygens (including phenoxy) is 1. The number of methoxy groups -OCH3 is 1. The fourth-order valence-electron chi connectivity index (χ4n) is 4.34. The molecule has 2 unspecified atom stereocenters. The highest BCUT2D eigenvalue weighted by molar-refractivity contribution is 5.94. The van der Waals surface area contributed by atoms with Crippen LogP contribution in [-0.4, -0.2) is 73.6 Å². The Morgan fingerprint density at radius 2 is 1.83 bits per heavy atom. The third-order valence-electron chi connectivity index (χ3n) is 6.12. The molecule has 0 aliphatic carbocycles. The summed E-state index contributed by atoms with van der Waals surface area (Å²) in [5, 5.41) is 3.13. The summed E-state index contributed by atoms with van der Waals surface area (Å²) in [5.74, 6) is 0.282. The first kappa shape index (κ1) is 21.8. The van der Waals surface area contributed by atoms with Crippen molar-refractivity contribution in [3.05, 3.63) is 35.9 Å². The van der Waals surface area contributed by atoms with Crippen molar-refractivity contribution in [3.8, 4) is 0 Å². The summed E-state index contributed by atoms with van der Waals surface area (Å²) >= 11 is 0. The van der Waals surface area contributed by atoms with E-state index >= 15 is 0 Å². The first-order valence-corrected chi connectivity index (χ1v) is 11.1. The number of nitrogens with zero attached hydrogens (tertiary/aromatic N) is 2. The van der Waals surface area contributed by atoms with Crippen molar-refractivity contribution in [2.24, 2.45) is 0 Å². The second-order valence-corrected chi connectivity index (χ2v) is 8.21. The molecular formula is C23H35N3O3. The van der Waals surface area contributed by atoms with Crippen LogP contribution in [0.15, 0.2) is 30.3 Å². The van der Waals surface area contributed by atoms with Gasteiger partial charge < -0.3 is 19.9 Å². The van der Waals surface area contributed by atoms with Crippen molar-refractivity contribution in [1.82, 2.24) is 15.1 Å². The summed E-state index contributed by atoms with van der Waals surface area (Å²) in [5.41, 5.74) is 0.683. The van der Waals surface area contributed by atoms with Crippen LogP contribution in [0.2, 0.25) is 0 Å². The van der Waals surface area contributed by atoms with Gasteiger partial charge in [-0.2, -0.15) is 0 Å². The third kappa shape index (κ3) is 6.54. The van der Waals surface area contributed by atoms with Crippen molar-refractivity contribution < 1.29 is 14.3 Å². The summed E-state index contributed by atoms with van der Waals surface area (Å²) < 4.78 is 5.68. The molecule has 0 bridgehead atoms. The highest BCUT2D eigenvalue weighted by atomic mass is 16.5. The molecule has 2 heterocycles. The molecule has 2 aliphatic rings. The lowest BCUT2D eigenvalue weighted by molar-refractivity contribution is -0.132. The van der Waals surface area contributed by atoms with Gasteiger partial charge in [-0.1, -0.05) is 18.2 Å². The predicted molar refractivity (Wildman–Crippen MR) is 114 cm³/mol. The van der Waals surface area contributed by atoms with Gasteiger partial charge >= 0.3 is 0 Å². The molecule has 0 saturated carbocycles. The van der Waals surface area contributed by atoms with E-state index in [2.05, 4.69) is 10.2 Å². The Kier molecular flexibility index (Phi) is 8.50. The van der Waals surface area contributed by atoms with E-state index in [0.29, 0.717) is 17.9 Å². The van der Waals surface area contributed by atoms with Crippen LogP contribution in [0.4, 0.5) is 0 Å². The van der Waals surface area contributed by atoms with Gasteiger partial charge in [0.05, 0.1) is 12.1 Å². The van der Waals surface area contributed by atoms with Gasteiger partial charge in [-0.15, -0.1) is 0 Å². The molecule has 160 valence electrons. The van der Waals surface area contributed by atoms with Gasteiger partial charge in [0.2, 0.25) is 5.91 Å². The number of carbonyl (C=O) groups excluding carboxylic acids is 2. The standard InChI is InChI=1S/C23H35N3O3/c1-29-21-18-25(14-9-6-12-22(27)26-15-7-3-8-16-26)17-13-20(21)24-23(28)19-10-4-2-5-11-19/h2,4-5,10-11,20-21H,3,6-9,12-18H2,1H3,(H,24,28). The lowest BCUT2D eigenvalue weighted by Gasteiger charge is -2.38. The first-order valence-electron chi connectivity index (χ1n) is 11.1. The van der Waals surface area contributed by atoms with Crippen molar-refractivity contribution in [3.63, 3.8) is 0 Å². The minimum absolute atomic E-state index is 0.00797. The zero-order valence-corrected chi connectivity index (χ0v) is 17.6. The van der Waals surface area contributed by atoms with Gasteiger partial charge in [0.15, 0.2) is 0 Å². The van der Waals surface area contributed by atoms with Crippen LogP contribution in [0.25, 0.3) is 0 Å². The number of likely N-dealkylation sites (tertiary alicyclic amines) is 2. The van der Waals surface area contributed by atoms with E-state index in [1.807, 2.05) is 35.2 Å². The van der Waals surface area contributed by atoms with Crippen LogP contribution in [0.3, 0.4) is 0 Å². The SMILES string of the molecule is COC1CN(CCCCC(=O)N2CCCCC2)CCC1NC(=O)c1ccccc1. The van der Waals surface area contributed by atoms with Gasteiger partial charge in [-0.3, -0.25) is 9.59 Å². The fourth-order valence-corrected chi connectivity index (χ4v) is 4.34. The molecule has 1 aromatic carbocycles. The van der Waals surface area contributed by atoms with E-state index in [0.717, 1.165) is 64.8 Å². The second-order valence-electron chi connectivity index (χ2n) is 8.21. The number of benzene rings is 1. The largest absolute Gasteiger partial charge is 0.378 e.